The topological polar surface area (TPSA) is 73.8 Å². The maximum Gasteiger partial charge on any atom is 0.130 e. The monoisotopic (exact) mass is 458 g/mol. The van der Waals surface area contributed by atoms with Gasteiger partial charge in [-0.1, -0.05) is 29.8 Å². The number of fused-ring (bicyclic) bond motifs is 2. The Kier molecular flexibility index (Phi) is 5.65. The van der Waals surface area contributed by atoms with Gasteiger partial charge in [-0.25, -0.2) is 4.98 Å². The smallest absolute Gasteiger partial charge is 0.130 e. The molecule has 2 saturated heterocycles. The molecule has 0 saturated carbocycles. The summed E-state index contributed by atoms with van der Waals surface area (Å²) in [6.07, 6.45) is 1.88. The number of aliphatic imine (C=N–C) groups is 1. The Bertz CT molecular complexity index is 1010. The molecule has 0 bridgehead atoms. The SMILES string of the molecule is CC1NC(C)(P)NC2Nc3cc(N4CCOCC4)ncc3C(c3ccccc3Cl)=NC12. The van der Waals surface area contributed by atoms with Gasteiger partial charge in [0.25, 0.3) is 0 Å². The van der Waals surface area contributed by atoms with Gasteiger partial charge >= 0.3 is 0 Å². The lowest BCUT2D eigenvalue weighted by Crippen LogP contribution is -2.70. The molecule has 0 amide bonds. The highest BCUT2D eigenvalue weighted by Crippen LogP contribution is 2.33. The normalized spacial score (nSPS) is 30.5. The molecule has 0 radical (unpaired) electrons. The van der Waals surface area contributed by atoms with Crippen molar-refractivity contribution in [1.82, 2.24) is 15.6 Å². The van der Waals surface area contributed by atoms with E-state index in [1.807, 2.05) is 30.5 Å². The first kappa shape index (κ1) is 21.1. The molecule has 2 fully saturated rings. The van der Waals surface area contributed by atoms with Crippen LogP contribution in [-0.2, 0) is 4.74 Å². The second-order valence-corrected chi connectivity index (χ2v) is 10.1. The van der Waals surface area contributed by atoms with E-state index in [4.69, 9.17) is 26.3 Å². The number of rotatable bonds is 2. The molecule has 3 N–H and O–H groups in total. The molecule has 31 heavy (non-hydrogen) atoms. The highest BCUT2D eigenvalue weighted by Gasteiger charge is 2.41. The van der Waals surface area contributed by atoms with Gasteiger partial charge in [-0.3, -0.25) is 15.6 Å². The van der Waals surface area contributed by atoms with E-state index in [2.05, 4.69) is 50.0 Å². The first-order valence-electron chi connectivity index (χ1n) is 10.7. The Morgan fingerprint density at radius 2 is 1.97 bits per heavy atom. The van der Waals surface area contributed by atoms with Gasteiger partial charge in [0, 0.05) is 47.5 Å². The molecule has 5 rings (SSSR count). The van der Waals surface area contributed by atoms with Gasteiger partial charge in [0.1, 0.15) is 12.0 Å². The third-order valence-corrected chi connectivity index (χ3v) is 6.70. The fraction of sp³-hybridized carbons (Fsp3) is 0.455. The summed E-state index contributed by atoms with van der Waals surface area (Å²) in [4.78, 5) is 12.3. The minimum Gasteiger partial charge on any atom is -0.378 e. The number of halogens is 1. The van der Waals surface area contributed by atoms with Crippen LogP contribution in [0, 0.1) is 0 Å². The fourth-order valence-electron chi connectivity index (χ4n) is 4.58. The van der Waals surface area contributed by atoms with Crippen LogP contribution in [0.25, 0.3) is 0 Å². The molecule has 5 unspecified atom stereocenters. The van der Waals surface area contributed by atoms with Crippen molar-refractivity contribution in [1.29, 1.82) is 0 Å². The number of pyridine rings is 1. The van der Waals surface area contributed by atoms with Crippen molar-refractivity contribution < 1.29 is 4.74 Å². The van der Waals surface area contributed by atoms with Crippen molar-refractivity contribution in [3.8, 4) is 0 Å². The van der Waals surface area contributed by atoms with Crippen molar-refractivity contribution in [2.24, 2.45) is 4.99 Å². The minimum atomic E-state index is -0.293. The summed E-state index contributed by atoms with van der Waals surface area (Å²) < 4.78 is 5.51. The molecule has 7 nitrogen and oxygen atoms in total. The molecule has 0 spiro atoms. The van der Waals surface area contributed by atoms with E-state index in [0.717, 1.165) is 54.6 Å². The lowest BCUT2D eigenvalue weighted by Gasteiger charge is -2.45. The lowest BCUT2D eigenvalue weighted by atomic mass is 10.0. The first-order chi connectivity index (χ1) is 14.9. The first-order valence-corrected chi connectivity index (χ1v) is 11.6. The number of anilines is 2. The summed E-state index contributed by atoms with van der Waals surface area (Å²) >= 11 is 6.61. The number of hydrogen-bond acceptors (Lipinski definition) is 7. The van der Waals surface area contributed by atoms with E-state index >= 15 is 0 Å². The maximum absolute atomic E-state index is 6.61. The minimum absolute atomic E-state index is 0.0286. The Balaban J connectivity index is 1.62. The van der Waals surface area contributed by atoms with Gasteiger partial charge in [-0.2, -0.15) is 0 Å². The van der Waals surface area contributed by atoms with Crippen LogP contribution in [0.3, 0.4) is 0 Å². The number of nitrogens with one attached hydrogen (secondary N) is 3. The largest absolute Gasteiger partial charge is 0.378 e. The standard InChI is InChI=1S/C22H28ClN6OP/c1-13-19-21(28-22(2,31)27-13)25-17-11-18(29-7-9-30-10-8-29)24-12-15(17)20(26-19)14-5-3-4-6-16(14)23/h3-6,11-13,19,21,25,27-28H,7-10,31H2,1-2H3. The van der Waals surface area contributed by atoms with Crippen molar-refractivity contribution in [2.75, 3.05) is 36.5 Å². The molecule has 4 heterocycles. The van der Waals surface area contributed by atoms with E-state index in [1.165, 1.54) is 0 Å². The highest BCUT2D eigenvalue weighted by atomic mass is 35.5. The van der Waals surface area contributed by atoms with Gasteiger partial charge in [0.15, 0.2) is 0 Å². The van der Waals surface area contributed by atoms with Gasteiger partial charge in [0.05, 0.1) is 36.1 Å². The Labute approximate surface area is 190 Å². The molecule has 164 valence electrons. The number of morpholine rings is 1. The predicted octanol–water partition coefficient (Wildman–Crippen LogP) is 2.66. The van der Waals surface area contributed by atoms with Crippen molar-refractivity contribution in [2.45, 2.75) is 37.5 Å². The zero-order valence-electron chi connectivity index (χ0n) is 17.7. The van der Waals surface area contributed by atoms with E-state index in [0.29, 0.717) is 5.02 Å². The number of ether oxygens (including phenoxy) is 1. The quantitative estimate of drug-likeness (QED) is 0.601. The van der Waals surface area contributed by atoms with Crippen molar-refractivity contribution in [3.63, 3.8) is 0 Å². The Morgan fingerprint density at radius 1 is 1.19 bits per heavy atom. The molecule has 3 aliphatic heterocycles. The van der Waals surface area contributed by atoms with E-state index in [9.17, 15) is 0 Å². The van der Waals surface area contributed by atoms with Crippen LogP contribution in [0.15, 0.2) is 41.5 Å². The van der Waals surface area contributed by atoms with Gasteiger partial charge in [-0.05, 0) is 19.9 Å². The summed E-state index contributed by atoms with van der Waals surface area (Å²) in [5.74, 6) is 0.946. The summed E-state index contributed by atoms with van der Waals surface area (Å²) in [7, 11) is 2.86. The van der Waals surface area contributed by atoms with Crippen molar-refractivity contribution in [3.05, 3.63) is 52.7 Å². The average molecular weight is 459 g/mol. The summed E-state index contributed by atoms with van der Waals surface area (Å²) in [6, 6.07) is 10.1. The molecule has 1 aromatic heterocycles. The Morgan fingerprint density at radius 3 is 2.74 bits per heavy atom. The molecular weight excluding hydrogens is 431 g/mol. The third kappa shape index (κ3) is 4.18. The van der Waals surface area contributed by atoms with Crippen LogP contribution in [0.5, 0.6) is 0 Å². The molecule has 2 aromatic rings. The highest BCUT2D eigenvalue weighted by molar-refractivity contribution is 7.18. The van der Waals surface area contributed by atoms with Crippen LogP contribution in [-0.4, -0.2) is 60.7 Å². The second-order valence-electron chi connectivity index (χ2n) is 8.54. The summed E-state index contributed by atoms with van der Waals surface area (Å²) in [5, 5.41) is 11.3. The van der Waals surface area contributed by atoms with Crippen LogP contribution in [0.2, 0.25) is 5.02 Å². The number of hydrogen-bond donors (Lipinski definition) is 3. The average Bonchev–Trinajstić information content (AvgIpc) is 2.90. The molecule has 0 aliphatic carbocycles. The van der Waals surface area contributed by atoms with Crippen LogP contribution in [0.4, 0.5) is 11.5 Å². The van der Waals surface area contributed by atoms with Gasteiger partial charge in [0.2, 0.25) is 0 Å². The van der Waals surface area contributed by atoms with Gasteiger partial charge in [-0.15, -0.1) is 9.24 Å². The zero-order valence-corrected chi connectivity index (χ0v) is 19.6. The van der Waals surface area contributed by atoms with E-state index in [1.54, 1.807) is 0 Å². The van der Waals surface area contributed by atoms with Crippen molar-refractivity contribution >= 4 is 38.1 Å². The molecule has 1 aromatic carbocycles. The van der Waals surface area contributed by atoms with Gasteiger partial charge < -0.3 is 15.0 Å². The fourth-order valence-corrected chi connectivity index (χ4v) is 5.24. The van der Waals surface area contributed by atoms with Crippen LogP contribution < -0.4 is 20.9 Å². The molecule has 9 heteroatoms. The zero-order chi connectivity index (χ0) is 21.6. The maximum atomic E-state index is 6.61. The lowest BCUT2D eigenvalue weighted by molar-refractivity contribution is 0.122. The number of aromatic nitrogens is 1. The van der Waals surface area contributed by atoms with E-state index in [-0.39, 0.29) is 23.7 Å². The van der Waals surface area contributed by atoms with Crippen LogP contribution >= 0.6 is 20.8 Å². The third-order valence-electron chi connectivity index (χ3n) is 6.03. The summed E-state index contributed by atoms with van der Waals surface area (Å²) in [6.45, 7) is 7.41. The molecule has 5 atom stereocenters. The molecular formula is C22H28ClN6OP. The number of nitrogens with zero attached hydrogens (tertiary/aromatic N) is 3. The van der Waals surface area contributed by atoms with Crippen LogP contribution in [0.1, 0.15) is 25.0 Å². The number of benzene rings is 1. The second kappa shape index (κ2) is 8.30. The molecule has 3 aliphatic rings. The Hall–Kier alpha value is -1.76. The van der Waals surface area contributed by atoms with E-state index < -0.39 is 0 Å². The predicted molar refractivity (Wildman–Crippen MR) is 129 cm³/mol. The summed E-state index contributed by atoms with van der Waals surface area (Å²) in [5.41, 5.74) is 3.74.